The van der Waals surface area contributed by atoms with Crippen LogP contribution >= 0.6 is 0 Å². The third kappa shape index (κ3) is 7.17. The Kier molecular flexibility index (Phi) is 7.30. The van der Waals surface area contributed by atoms with Crippen molar-refractivity contribution < 1.29 is 23.8 Å². The molecule has 0 aromatic heterocycles. The molecule has 0 unspecified atom stereocenters. The number of ether oxygens (including phenoxy) is 3. The smallest absolute Gasteiger partial charge is 0.408 e. The van der Waals surface area contributed by atoms with E-state index in [1.54, 1.807) is 34.0 Å². The van der Waals surface area contributed by atoms with Gasteiger partial charge >= 0.3 is 12.1 Å². The van der Waals surface area contributed by atoms with Gasteiger partial charge in [0.15, 0.2) is 0 Å². The van der Waals surface area contributed by atoms with Crippen molar-refractivity contribution in [1.82, 2.24) is 5.32 Å². The van der Waals surface area contributed by atoms with Gasteiger partial charge in [-0.05, 0) is 44.9 Å². The molecule has 24 heavy (non-hydrogen) atoms. The van der Waals surface area contributed by atoms with Gasteiger partial charge in [-0.2, -0.15) is 0 Å². The summed E-state index contributed by atoms with van der Waals surface area (Å²) in [6.07, 6.45) is 3.28. The highest BCUT2D eigenvalue weighted by Gasteiger charge is 2.23. The summed E-state index contributed by atoms with van der Waals surface area (Å²) in [5.41, 5.74) is 0.320. The van der Waals surface area contributed by atoms with Crippen molar-refractivity contribution in [2.24, 2.45) is 0 Å². The normalized spacial score (nSPS) is 12.5. The third-order valence-electron chi connectivity index (χ3n) is 2.97. The van der Waals surface area contributed by atoms with E-state index in [9.17, 15) is 9.59 Å². The Morgan fingerprint density at radius 3 is 2.29 bits per heavy atom. The molecule has 0 saturated heterocycles. The zero-order chi connectivity index (χ0) is 18.2. The van der Waals surface area contributed by atoms with Gasteiger partial charge in [-0.3, -0.25) is 0 Å². The van der Waals surface area contributed by atoms with Crippen LogP contribution in [0.15, 0.2) is 30.3 Å². The second-order valence-electron chi connectivity index (χ2n) is 6.13. The number of nitrogens with one attached hydrogen (secondary N) is 1. The molecule has 0 bridgehead atoms. The Labute approximate surface area is 142 Å². The summed E-state index contributed by atoms with van der Waals surface area (Å²) >= 11 is 0. The molecule has 0 radical (unpaired) electrons. The molecule has 0 aliphatic rings. The summed E-state index contributed by atoms with van der Waals surface area (Å²) in [4.78, 5) is 23.6. The van der Waals surface area contributed by atoms with Crippen molar-refractivity contribution in [2.45, 2.75) is 38.8 Å². The molecule has 1 rings (SSSR count). The van der Waals surface area contributed by atoms with Crippen molar-refractivity contribution in [3.63, 3.8) is 0 Å². The van der Waals surface area contributed by atoms with Gasteiger partial charge in [-0.1, -0.05) is 24.3 Å². The largest absolute Gasteiger partial charge is 0.497 e. The van der Waals surface area contributed by atoms with E-state index in [1.165, 1.54) is 7.11 Å². The molecule has 1 N–H and O–H groups in total. The first-order valence-corrected chi connectivity index (χ1v) is 7.63. The highest BCUT2D eigenvalue weighted by molar-refractivity contribution is 5.81. The van der Waals surface area contributed by atoms with Crippen LogP contribution in [0.5, 0.6) is 5.75 Å². The maximum atomic E-state index is 11.8. The second kappa shape index (κ2) is 8.96. The van der Waals surface area contributed by atoms with Gasteiger partial charge in [-0.25, -0.2) is 9.59 Å². The number of benzene rings is 1. The van der Waals surface area contributed by atoms with Crippen molar-refractivity contribution in [1.29, 1.82) is 0 Å². The predicted molar refractivity (Wildman–Crippen MR) is 91.8 cm³/mol. The number of rotatable bonds is 6. The fourth-order valence-electron chi connectivity index (χ4n) is 1.86. The fourth-order valence-corrected chi connectivity index (χ4v) is 1.86. The van der Waals surface area contributed by atoms with Crippen LogP contribution in [0.2, 0.25) is 0 Å². The number of carbonyl (C=O) groups is 2. The minimum absolute atomic E-state index is 0.290. The Hall–Kier alpha value is -2.50. The van der Waals surface area contributed by atoms with Crippen LogP contribution in [0, 0.1) is 0 Å². The number of esters is 1. The average molecular weight is 335 g/mol. The monoisotopic (exact) mass is 335 g/mol. The molecule has 6 heteroatoms. The Morgan fingerprint density at radius 2 is 1.79 bits per heavy atom. The van der Waals surface area contributed by atoms with Crippen molar-refractivity contribution in [3.8, 4) is 5.75 Å². The number of amides is 1. The highest BCUT2D eigenvalue weighted by atomic mass is 16.6. The average Bonchev–Trinajstić information content (AvgIpc) is 2.52. The van der Waals surface area contributed by atoms with Gasteiger partial charge < -0.3 is 19.5 Å². The molecule has 132 valence electrons. The number of hydrogen-bond acceptors (Lipinski definition) is 5. The van der Waals surface area contributed by atoms with E-state index >= 15 is 0 Å². The predicted octanol–water partition coefficient (Wildman–Crippen LogP) is 3.16. The van der Waals surface area contributed by atoms with Crippen LogP contribution in [0.25, 0.3) is 6.08 Å². The summed E-state index contributed by atoms with van der Waals surface area (Å²) in [6, 6.07) is 6.67. The summed E-state index contributed by atoms with van der Waals surface area (Å²) in [5, 5.41) is 2.52. The lowest BCUT2D eigenvalue weighted by Crippen LogP contribution is -2.43. The Balaban J connectivity index is 2.66. The van der Waals surface area contributed by atoms with Gasteiger partial charge in [0.25, 0.3) is 0 Å². The van der Waals surface area contributed by atoms with Gasteiger partial charge in [0.1, 0.15) is 17.4 Å². The van der Waals surface area contributed by atoms with E-state index < -0.39 is 23.7 Å². The number of methoxy groups -OCH3 is 2. The molecule has 0 heterocycles. The maximum Gasteiger partial charge on any atom is 0.408 e. The molecule has 1 aromatic carbocycles. The molecule has 1 amide bonds. The summed E-state index contributed by atoms with van der Waals surface area (Å²) < 4.78 is 15.0. The summed E-state index contributed by atoms with van der Waals surface area (Å²) in [6.45, 7) is 5.26. The van der Waals surface area contributed by atoms with E-state index in [-0.39, 0.29) is 6.42 Å². The fraction of sp³-hybridized carbons (Fsp3) is 0.444. The van der Waals surface area contributed by atoms with Crippen molar-refractivity contribution in [2.75, 3.05) is 14.2 Å². The standard InChI is InChI=1S/C18H25NO5/c1-18(2,3)24-17(21)19-15(16(20)23-5)8-6-7-13-9-11-14(22-4)12-10-13/h6-7,9-12,15H,8H2,1-5H3,(H,19,21)/b7-6+/t15-/m0/s1. The van der Waals surface area contributed by atoms with Crippen LogP contribution in [-0.2, 0) is 14.3 Å². The molecule has 1 aromatic rings. The Bertz CT molecular complexity index is 572. The van der Waals surface area contributed by atoms with Crippen molar-refractivity contribution >= 4 is 18.1 Å². The molecule has 0 aliphatic heterocycles. The highest BCUT2D eigenvalue weighted by Crippen LogP contribution is 2.13. The second-order valence-corrected chi connectivity index (χ2v) is 6.13. The lowest BCUT2D eigenvalue weighted by atomic mass is 10.1. The van der Waals surface area contributed by atoms with Crippen LogP contribution < -0.4 is 10.1 Å². The molecule has 0 saturated carbocycles. The van der Waals surface area contributed by atoms with Crippen LogP contribution in [-0.4, -0.2) is 37.9 Å². The summed E-state index contributed by atoms with van der Waals surface area (Å²) in [7, 11) is 2.88. The quantitative estimate of drug-likeness (QED) is 0.808. The van der Waals surface area contributed by atoms with E-state index in [0.29, 0.717) is 0 Å². The first-order chi connectivity index (χ1) is 11.2. The molecule has 1 atom stereocenters. The van der Waals surface area contributed by atoms with Gasteiger partial charge in [0.2, 0.25) is 0 Å². The SMILES string of the molecule is COC(=O)[C@H](C/C=C/c1ccc(OC)cc1)NC(=O)OC(C)(C)C. The zero-order valence-corrected chi connectivity index (χ0v) is 14.8. The van der Waals surface area contributed by atoms with Crippen molar-refractivity contribution in [3.05, 3.63) is 35.9 Å². The van der Waals surface area contributed by atoms with Gasteiger partial charge in [-0.15, -0.1) is 0 Å². The van der Waals surface area contributed by atoms with Crippen LogP contribution in [0.3, 0.4) is 0 Å². The number of alkyl carbamates (subject to hydrolysis) is 1. The number of carbonyl (C=O) groups excluding carboxylic acids is 2. The van der Waals surface area contributed by atoms with E-state index in [1.807, 2.05) is 30.3 Å². The molecular weight excluding hydrogens is 310 g/mol. The first kappa shape index (κ1) is 19.5. The number of hydrogen-bond donors (Lipinski definition) is 1. The topological polar surface area (TPSA) is 73.9 Å². The molecule has 0 aliphatic carbocycles. The molecule has 0 fully saturated rings. The molecule has 0 spiro atoms. The summed E-state index contributed by atoms with van der Waals surface area (Å²) in [5.74, 6) is 0.242. The van der Waals surface area contributed by atoms with Crippen LogP contribution in [0.4, 0.5) is 4.79 Å². The molecule has 6 nitrogen and oxygen atoms in total. The van der Waals surface area contributed by atoms with E-state index in [2.05, 4.69) is 5.32 Å². The minimum Gasteiger partial charge on any atom is -0.497 e. The molecular formula is C18H25NO5. The van der Waals surface area contributed by atoms with E-state index in [4.69, 9.17) is 14.2 Å². The van der Waals surface area contributed by atoms with Crippen LogP contribution in [0.1, 0.15) is 32.8 Å². The Morgan fingerprint density at radius 1 is 1.17 bits per heavy atom. The maximum absolute atomic E-state index is 11.8. The minimum atomic E-state index is -0.806. The third-order valence-corrected chi connectivity index (χ3v) is 2.97. The lowest BCUT2D eigenvalue weighted by molar-refractivity contribution is -0.143. The van der Waals surface area contributed by atoms with Gasteiger partial charge in [0.05, 0.1) is 14.2 Å². The van der Waals surface area contributed by atoms with E-state index in [0.717, 1.165) is 11.3 Å². The van der Waals surface area contributed by atoms with Gasteiger partial charge in [0, 0.05) is 0 Å². The lowest BCUT2D eigenvalue weighted by Gasteiger charge is -2.22. The zero-order valence-electron chi connectivity index (χ0n) is 14.8. The first-order valence-electron chi connectivity index (χ1n) is 7.63.